The summed E-state index contributed by atoms with van der Waals surface area (Å²) in [7, 11) is 1.46. The van der Waals surface area contributed by atoms with Gasteiger partial charge in [-0.3, -0.25) is 14.2 Å². The van der Waals surface area contributed by atoms with Gasteiger partial charge in [0.2, 0.25) is 0 Å². The predicted octanol–water partition coefficient (Wildman–Crippen LogP) is 3.49. The van der Waals surface area contributed by atoms with Crippen molar-refractivity contribution in [3.8, 4) is 11.5 Å². The molecule has 186 valence electrons. The van der Waals surface area contributed by atoms with Crippen molar-refractivity contribution in [2.24, 2.45) is 4.99 Å². The molecule has 0 unspecified atom stereocenters. The summed E-state index contributed by atoms with van der Waals surface area (Å²) < 4.78 is 18.4. The van der Waals surface area contributed by atoms with Gasteiger partial charge in [0.15, 0.2) is 16.3 Å². The van der Waals surface area contributed by atoms with Crippen LogP contribution in [0.25, 0.3) is 6.08 Å². The molecule has 4 rings (SSSR count). The number of hydrogen-bond acceptors (Lipinski definition) is 8. The van der Waals surface area contributed by atoms with E-state index in [9.17, 15) is 14.4 Å². The number of halogens is 1. The number of nitrogens with zero attached hydrogens (tertiary/aromatic N) is 2. The van der Waals surface area contributed by atoms with E-state index in [1.165, 1.54) is 29.9 Å². The van der Waals surface area contributed by atoms with Crippen LogP contribution in [0.1, 0.15) is 37.9 Å². The number of benzene rings is 2. The zero-order valence-corrected chi connectivity index (χ0v) is 22.4. The van der Waals surface area contributed by atoms with Gasteiger partial charge in [-0.15, -0.1) is 0 Å². The van der Waals surface area contributed by atoms with Crippen LogP contribution in [-0.4, -0.2) is 30.2 Å². The fraction of sp³-hybridized carbons (Fsp3) is 0.231. The third kappa shape index (κ3) is 4.91. The molecule has 0 bridgehead atoms. The van der Waals surface area contributed by atoms with Gasteiger partial charge in [0.25, 0.3) is 5.56 Å². The highest BCUT2D eigenvalue weighted by Crippen LogP contribution is 2.37. The fourth-order valence-corrected chi connectivity index (χ4v) is 5.55. The van der Waals surface area contributed by atoms with Crippen LogP contribution in [0.2, 0.25) is 0 Å². The standard InChI is InChI=1S/C26H23BrN2O6S/c1-5-34-25(32)21-14(2)28-26-29(22(21)17-9-7-6-8-10-17)24(31)20(36-26)13-16-11-18(27)23(35-15(3)30)19(12-16)33-4/h6-13,22H,5H2,1-4H3/b20-13-/t22-/m0/s1. The molecule has 0 aliphatic carbocycles. The first kappa shape index (κ1) is 25.6. The normalized spacial score (nSPS) is 15.2. The molecule has 2 aromatic carbocycles. The molecule has 0 fully saturated rings. The first-order valence-electron chi connectivity index (χ1n) is 11.1. The lowest BCUT2D eigenvalue weighted by Gasteiger charge is -2.24. The van der Waals surface area contributed by atoms with Crippen LogP contribution in [0.15, 0.2) is 68.0 Å². The monoisotopic (exact) mass is 570 g/mol. The van der Waals surface area contributed by atoms with Gasteiger partial charge in [-0.05, 0) is 59.1 Å². The third-order valence-corrected chi connectivity index (χ3v) is 7.00. The maximum absolute atomic E-state index is 13.7. The number of esters is 2. The number of rotatable bonds is 6. The molecule has 0 amide bonds. The van der Waals surface area contributed by atoms with Crippen LogP contribution in [0.5, 0.6) is 11.5 Å². The highest BCUT2D eigenvalue weighted by Gasteiger charge is 2.33. The van der Waals surface area contributed by atoms with E-state index in [1.807, 2.05) is 30.3 Å². The molecule has 2 heterocycles. The van der Waals surface area contributed by atoms with Crippen molar-refractivity contribution in [3.63, 3.8) is 0 Å². The number of methoxy groups -OCH3 is 1. The highest BCUT2D eigenvalue weighted by atomic mass is 79.9. The maximum Gasteiger partial charge on any atom is 0.338 e. The summed E-state index contributed by atoms with van der Waals surface area (Å²) in [6.07, 6.45) is 1.71. The largest absolute Gasteiger partial charge is 0.493 e. The zero-order valence-electron chi connectivity index (χ0n) is 20.0. The van der Waals surface area contributed by atoms with Crippen LogP contribution in [0.3, 0.4) is 0 Å². The van der Waals surface area contributed by atoms with Gasteiger partial charge < -0.3 is 14.2 Å². The van der Waals surface area contributed by atoms with E-state index in [0.29, 0.717) is 36.4 Å². The molecule has 8 nitrogen and oxygen atoms in total. The van der Waals surface area contributed by atoms with Gasteiger partial charge in [-0.25, -0.2) is 9.79 Å². The number of aromatic nitrogens is 1. The quantitative estimate of drug-likeness (QED) is 0.332. The van der Waals surface area contributed by atoms with E-state index in [-0.39, 0.29) is 17.9 Å². The Morgan fingerprint density at radius 1 is 1.22 bits per heavy atom. The highest BCUT2D eigenvalue weighted by molar-refractivity contribution is 9.10. The first-order valence-corrected chi connectivity index (χ1v) is 12.7. The molecular formula is C26H23BrN2O6S. The Bertz CT molecular complexity index is 1560. The van der Waals surface area contributed by atoms with Crippen LogP contribution < -0.4 is 24.4 Å². The summed E-state index contributed by atoms with van der Waals surface area (Å²) in [5.41, 5.74) is 1.97. The first-order chi connectivity index (χ1) is 17.2. The van der Waals surface area contributed by atoms with Crippen LogP contribution in [0.4, 0.5) is 0 Å². The third-order valence-electron chi connectivity index (χ3n) is 5.43. The Morgan fingerprint density at radius 2 is 1.94 bits per heavy atom. The van der Waals surface area contributed by atoms with Crippen molar-refractivity contribution in [2.75, 3.05) is 13.7 Å². The van der Waals surface area contributed by atoms with Crippen molar-refractivity contribution < 1.29 is 23.8 Å². The summed E-state index contributed by atoms with van der Waals surface area (Å²) in [6.45, 7) is 4.99. The van der Waals surface area contributed by atoms with Gasteiger partial charge >= 0.3 is 11.9 Å². The number of carbonyl (C=O) groups is 2. The second-order valence-electron chi connectivity index (χ2n) is 7.84. The van der Waals surface area contributed by atoms with Crippen molar-refractivity contribution in [3.05, 3.63) is 89.0 Å². The Kier molecular flexibility index (Phi) is 7.56. The molecule has 0 saturated heterocycles. The Hall–Kier alpha value is -3.50. The zero-order chi connectivity index (χ0) is 26.0. The average molecular weight is 571 g/mol. The van der Waals surface area contributed by atoms with Gasteiger partial charge in [-0.1, -0.05) is 41.7 Å². The molecule has 0 radical (unpaired) electrons. The average Bonchev–Trinajstić information content (AvgIpc) is 3.14. The SMILES string of the molecule is CCOC(=O)C1=C(C)N=c2s/c(=C\c3cc(Br)c(OC(C)=O)c(OC)c3)c(=O)n2[C@H]1c1ccccc1. The van der Waals surface area contributed by atoms with Crippen molar-refractivity contribution in [1.29, 1.82) is 0 Å². The molecule has 36 heavy (non-hydrogen) atoms. The summed E-state index contributed by atoms with van der Waals surface area (Å²) >= 11 is 4.63. The molecule has 0 saturated carbocycles. The fourth-order valence-electron chi connectivity index (χ4n) is 3.96. The molecule has 0 spiro atoms. The molecule has 1 aromatic heterocycles. The van der Waals surface area contributed by atoms with Gasteiger partial charge in [-0.2, -0.15) is 0 Å². The molecule has 0 N–H and O–H groups in total. The summed E-state index contributed by atoms with van der Waals surface area (Å²) in [6, 6.07) is 12.1. The van der Waals surface area contributed by atoms with Gasteiger partial charge in [0.1, 0.15) is 0 Å². The van der Waals surface area contributed by atoms with E-state index in [0.717, 1.165) is 5.56 Å². The minimum atomic E-state index is -0.670. The van der Waals surface area contributed by atoms with E-state index < -0.39 is 18.0 Å². The van der Waals surface area contributed by atoms with Crippen molar-refractivity contribution >= 4 is 45.3 Å². The van der Waals surface area contributed by atoms with Gasteiger partial charge in [0, 0.05) is 6.92 Å². The van der Waals surface area contributed by atoms with Crippen molar-refractivity contribution in [1.82, 2.24) is 4.57 Å². The minimum Gasteiger partial charge on any atom is -0.493 e. The Balaban J connectivity index is 1.91. The smallest absolute Gasteiger partial charge is 0.338 e. The van der Waals surface area contributed by atoms with E-state index in [2.05, 4.69) is 20.9 Å². The summed E-state index contributed by atoms with van der Waals surface area (Å²) in [4.78, 5) is 43.1. The topological polar surface area (TPSA) is 96.2 Å². The van der Waals surface area contributed by atoms with Crippen molar-refractivity contribution in [2.45, 2.75) is 26.8 Å². The molecule has 1 atom stereocenters. The van der Waals surface area contributed by atoms with Crippen LogP contribution in [-0.2, 0) is 14.3 Å². The second kappa shape index (κ2) is 10.6. The number of ether oxygens (including phenoxy) is 3. The Labute approximate surface area is 219 Å². The van der Waals surface area contributed by atoms with Gasteiger partial charge in [0.05, 0.1) is 40.0 Å². The van der Waals surface area contributed by atoms with E-state index in [1.54, 1.807) is 32.1 Å². The Morgan fingerprint density at radius 3 is 2.58 bits per heavy atom. The van der Waals surface area contributed by atoms with Crippen LogP contribution >= 0.6 is 27.3 Å². The lowest BCUT2D eigenvalue weighted by atomic mass is 9.96. The van der Waals surface area contributed by atoms with E-state index >= 15 is 0 Å². The summed E-state index contributed by atoms with van der Waals surface area (Å²) in [5, 5.41) is 0. The number of hydrogen-bond donors (Lipinski definition) is 0. The number of carbonyl (C=O) groups excluding carboxylic acids is 2. The van der Waals surface area contributed by atoms with E-state index in [4.69, 9.17) is 14.2 Å². The predicted molar refractivity (Wildman–Crippen MR) is 139 cm³/mol. The molecule has 3 aromatic rings. The minimum absolute atomic E-state index is 0.210. The molecule has 10 heteroatoms. The number of thiazole rings is 1. The lowest BCUT2D eigenvalue weighted by Crippen LogP contribution is -2.39. The maximum atomic E-state index is 13.7. The molecule has 1 aliphatic heterocycles. The summed E-state index contributed by atoms with van der Waals surface area (Å²) in [5.74, 6) is -0.399. The number of allylic oxidation sites excluding steroid dienone is 1. The number of fused-ring (bicyclic) bond motifs is 1. The molecular weight excluding hydrogens is 548 g/mol. The van der Waals surface area contributed by atoms with Crippen LogP contribution in [0, 0.1) is 0 Å². The lowest BCUT2D eigenvalue weighted by molar-refractivity contribution is -0.139. The second-order valence-corrected chi connectivity index (χ2v) is 9.70. The molecule has 1 aliphatic rings.